The third-order valence-corrected chi connectivity index (χ3v) is 3.10. The highest BCUT2D eigenvalue weighted by atomic mass is 16.5. The molecule has 0 spiro atoms. The monoisotopic (exact) mass is 291 g/mol. The first-order valence-electron chi connectivity index (χ1n) is 7.28. The third-order valence-electron chi connectivity index (χ3n) is 3.10. The number of amides is 1. The summed E-state index contributed by atoms with van der Waals surface area (Å²) in [7, 11) is 0. The van der Waals surface area contributed by atoms with Gasteiger partial charge >= 0.3 is 0 Å². The van der Waals surface area contributed by atoms with Gasteiger partial charge in [-0.05, 0) is 32.0 Å². The van der Waals surface area contributed by atoms with Crippen molar-refractivity contribution in [1.82, 2.24) is 5.32 Å². The first-order chi connectivity index (χ1) is 10.1. The van der Waals surface area contributed by atoms with Crippen molar-refractivity contribution in [2.75, 3.05) is 13.2 Å². The van der Waals surface area contributed by atoms with Gasteiger partial charge in [-0.1, -0.05) is 0 Å². The van der Waals surface area contributed by atoms with Gasteiger partial charge in [0.05, 0.1) is 13.2 Å². The molecular formula is C16H21NO4. The molecule has 5 heteroatoms. The third kappa shape index (κ3) is 4.48. The number of hydrogen-bond acceptors (Lipinski definition) is 4. The first-order valence-corrected chi connectivity index (χ1v) is 7.28. The summed E-state index contributed by atoms with van der Waals surface area (Å²) in [5.41, 5.74) is 0.552. The van der Waals surface area contributed by atoms with E-state index in [0.29, 0.717) is 30.3 Å². The zero-order valence-electron chi connectivity index (χ0n) is 12.5. The molecule has 0 radical (unpaired) electrons. The van der Waals surface area contributed by atoms with E-state index in [4.69, 9.17) is 9.47 Å². The van der Waals surface area contributed by atoms with Crippen molar-refractivity contribution in [1.29, 1.82) is 0 Å². The Morgan fingerprint density at radius 2 is 1.86 bits per heavy atom. The number of nitrogens with one attached hydrogen (secondary N) is 1. The molecule has 1 N–H and O–H groups in total. The fourth-order valence-electron chi connectivity index (χ4n) is 2.10. The van der Waals surface area contributed by atoms with Gasteiger partial charge in [0.25, 0.3) is 0 Å². The van der Waals surface area contributed by atoms with E-state index in [0.717, 1.165) is 6.42 Å². The van der Waals surface area contributed by atoms with Crippen molar-refractivity contribution >= 4 is 11.7 Å². The number of carbonyl (C=O) groups is 2. The van der Waals surface area contributed by atoms with Crippen LogP contribution in [0.25, 0.3) is 0 Å². The molecule has 0 fully saturated rings. The molecule has 0 aromatic heterocycles. The van der Waals surface area contributed by atoms with Crippen molar-refractivity contribution in [3.8, 4) is 11.5 Å². The molecule has 0 unspecified atom stereocenters. The standard InChI is InChI=1S/C16H21NO4/c1-11(2)17-16(19)7-5-13(18)12-4-6-14-15(10-12)21-9-3-8-20-14/h4,6,10-11H,3,5,7-9H2,1-2H3,(H,17,19). The Morgan fingerprint density at radius 3 is 2.57 bits per heavy atom. The van der Waals surface area contributed by atoms with E-state index < -0.39 is 0 Å². The number of benzene rings is 1. The highest BCUT2D eigenvalue weighted by Gasteiger charge is 2.15. The van der Waals surface area contributed by atoms with E-state index in [-0.39, 0.29) is 30.6 Å². The normalized spacial score (nSPS) is 13.7. The molecule has 0 atom stereocenters. The summed E-state index contributed by atoms with van der Waals surface area (Å²) in [5.74, 6) is 1.10. The largest absolute Gasteiger partial charge is 0.490 e. The molecule has 1 aromatic carbocycles. The fourth-order valence-corrected chi connectivity index (χ4v) is 2.10. The molecule has 1 aliphatic rings. The lowest BCUT2D eigenvalue weighted by molar-refractivity contribution is -0.121. The number of ketones is 1. The minimum Gasteiger partial charge on any atom is -0.490 e. The molecule has 1 aliphatic heterocycles. The van der Waals surface area contributed by atoms with Crippen molar-refractivity contribution in [2.45, 2.75) is 39.2 Å². The van der Waals surface area contributed by atoms with Crippen molar-refractivity contribution in [2.24, 2.45) is 0 Å². The zero-order chi connectivity index (χ0) is 15.2. The fraction of sp³-hybridized carbons (Fsp3) is 0.500. The number of rotatable bonds is 5. The van der Waals surface area contributed by atoms with Crippen LogP contribution >= 0.6 is 0 Å². The van der Waals surface area contributed by atoms with Gasteiger partial charge in [0.1, 0.15) is 0 Å². The summed E-state index contributed by atoms with van der Waals surface area (Å²) in [6.07, 6.45) is 1.22. The summed E-state index contributed by atoms with van der Waals surface area (Å²) in [5, 5.41) is 2.77. The van der Waals surface area contributed by atoms with Crippen LogP contribution in [0.5, 0.6) is 11.5 Å². The minimum absolute atomic E-state index is 0.0652. The van der Waals surface area contributed by atoms with E-state index in [9.17, 15) is 9.59 Å². The lowest BCUT2D eigenvalue weighted by Crippen LogP contribution is -2.30. The van der Waals surface area contributed by atoms with Crippen molar-refractivity contribution in [3.05, 3.63) is 23.8 Å². The van der Waals surface area contributed by atoms with Gasteiger partial charge in [0, 0.05) is 30.9 Å². The van der Waals surface area contributed by atoms with E-state index in [2.05, 4.69) is 5.32 Å². The predicted molar refractivity (Wildman–Crippen MR) is 78.9 cm³/mol. The van der Waals surface area contributed by atoms with Crippen LogP contribution in [0, 0.1) is 0 Å². The summed E-state index contributed by atoms with van der Waals surface area (Å²) in [4.78, 5) is 23.7. The van der Waals surface area contributed by atoms with Crippen LogP contribution in [0.2, 0.25) is 0 Å². The molecule has 5 nitrogen and oxygen atoms in total. The molecule has 0 aliphatic carbocycles. The van der Waals surface area contributed by atoms with Crippen LogP contribution in [-0.4, -0.2) is 30.9 Å². The average molecular weight is 291 g/mol. The summed E-state index contributed by atoms with van der Waals surface area (Å²) >= 11 is 0. The Morgan fingerprint density at radius 1 is 1.14 bits per heavy atom. The quantitative estimate of drug-likeness (QED) is 0.846. The SMILES string of the molecule is CC(C)NC(=O)CCC(=O)c1ccc2c(c1)OCCCO2. The van der Waals surface area contributed by atoms with Crippen molar-refractivity contribution in [3.63, 3.8) is 0 Å². The molecule has 21 heavy (non-hydrogen) atoms. The number of fused-ring (bicyclic) bond motifs is 1. The van der Waals surface area contributed by atoms with Crippen LogP contribution < -0.4 is 14.8 Å². The van der Waals surface area contributed by atoms with Crippen LogP contribution in [0.4, 0.5) is 0 Å². The van der Waals surface area contributed by atoms with Gasteiger partial charge in [-0.3, -0.25) is 9.59 Å². The van der Waals surface area contributed by atoms with Crippen LogP contribution in [0.15, 0.2) is 18.2 Å². The van der Waals surface area contributed by atoms with Crippen LogP contribution in [0.1, 0.15) is 43.5 Å². The van der Waals surface area contributed by atoms with Crippen molar-refractivity contribution < 1.29 is 19.1 Å². The highest BCUT2D eigenvalue weighted by Crippen LogP contribution is 2.30. The van der Waals surface area contributed by atoms with Crippen LogP contribution in [0.3, 0.4) is 0 Å². The second kappa shape index (κ2) is 7.11. The second-order valence-corrected chi connectivity index (χ2v) is 5.36. The Labute approximate surface area is 124 Å². The lowest BCUT2D eigenvalue weighted by Gasteiger charge is -2.10. The Bertz CT molecular complexity index is 525. The Hall–Kier alpha value is -2.04. The maximum atomic E-state index is 12.1. The second-order valence-electron chi connectivity index (χ2n) is 5.36. The summed E-state index contributed by atoms with van der Waals surface area (Å²) in [6.45, 7) is 4.99. The number of hydrogen-bond donors (Lipinski definition) is 1. The highest BCUT2D eigenvalue weighted by molar-refractivity contribution is 5.98. The smallest absolute Gasteiger partial charge is 0.220 e. The van der Waals surface area contributed by atoms with E-state index >= 15 is 0 Å². The van der Waals surface area contributed by atoms with E-state index in [1.807, 2.05) is 13.8 Å². The summed E-state index contributed by atoms with van der Waals surface area (Å²) in [6, 6.07) is 5.26. The minimum atomic E-state index is -0.104. The average Bonchev–Trinajstić information content (AvgIpc) is 2.68. The first kappa shape index (κ1) is 15.4. The number of Topliss-reactive ketones (excluding diaryl/α,β-unsaturated/α-hetero) is 1. The maximum Gasteiger partial charge on any atom is 0.220 e. The molecule has 1 heterocycles. The molecule has 0 bridgehead atoms. The molecule has 1 amide bonds. The number of ether oxygens (including phenoxy) is 2. The molecule has 2 rings (SSSR count). The molecule has 0 saturated carbocycles. The van der Waals surface area contributed by atoms with Gasteiger partial charge in [0.2, 0.25) is 5.91 Å². The maximum absolute atomic E-state index is 12.1. The van der Waals surface area contributed by atoms with Gasteiger partial charge in [0.15, 0.2) is 17.3 Å². The topological polar surface area (TPSA) is 64.6 Å². The molecule has 114 valence electrons. The van der Waals surface area contributed by atoms with Gasteiger partial charge < -0.3 is 14.8 Å². The number of carbonyl (C=O) groups excluding carboxylic acids is 2. The predicted octanol–water partition coefficient (Wildman–Crippen LogP) is 2.34. The Kier molecular flexibility index (Phi) is 5.20. The van der Waals surface area contributed by atoms with Crippen LogP contribution in [-0.2, 0) is 4.79 Å². The summed E-state index contributed by atoms with van der Waals surface area (Å²) < 4.78 is 11.1. The van der Waals surface area contributed by atoms with Gasteiger partial charge in [-0.25, -0.2) is 0 Å². The molecule has 0 saturated heterocycles. The van der Waals surface area contributed by atoms with Gasteiger partial charge in [-0.15, -0.1) is 0 Å². The molecule has 1 aromatic rings. The lowest BCUT2D eigenvalue weighted by atomic mass is 10.1. The van der Waals surface area contributed by atoms with E-state index in [1.54, 1.807) is 18.2 Å². The van der Waals surface area contributed by atoms with E-state index in [1.165, 1.54) is 0 Å². The Balaban J connectivity index is 1.96. The molecular weight excluding hydrogens is 270 g/mol. The zero-order valence-corrected chi connectivity index (χ0v) is 12.5. The van der Waals surface area contributed by atoms with Gasteiger partial charge in [-0.2, -0.15) is 0 Å².